The Labute approximate surface area is 103 Å². The molecule has 0 fully saturated rings. The van der Waals surface area contributed by atoms with Gasteiger partial charge in [0.05, 0.1) is 0 Å². The van der Waals surface area contributed by atoms with Gasteiger partial charge in [-0.1, -0.05) is 20.3 Å². The zero-order valence-electron chi connectivity index (χ0n) is 10.9. The topological polar surface area (TPSA) is 49.3 Å². The lowest BCUT2D eigenvalue weighted by Gasteiger charge is -2.20. The summed E-state index contributed by atoms with van der Waals surface area (Å²) in [5.41, 5.74) is 1.31. The molecule has 2 atom stereocenters. The summed E-state index contributed by atoms with van der Waals surface area (Å²) in [5.74, 6) is 0.592. The highest BCUT2D eigenvalue weighted by Gasteiger charge is 2.14. The molecule has 1 aromatic carbocycles. The molecule has 0 aliphatic carbocycles. The summed E-state index contributed by atoms with van der Waals surface area (Å²) < 4.78 is 0. The second-order valence-electron chi connectivity index (χ2n) is 4.65. The van der Waals surface area contributed by atoms with E-state index in [1.807, 2.05) is 6.92 Å². The number of phenolic OH excluding ortho intramolecular Hbond substituents is 1. The van der Waals surface area contributed by atoms with Gasteiger partial charge < -0.3 is 10.4 Å². The van der Waals surface area contributed by atoms with Crippen molar-refractivity contribution in [1.82, 2.24) is 5.32 Å². The number of nitrogens with one attached hydrogen (secondary N) is 1. The number of benzene rings is 1. The van der Waals surface area contributed by atoms with E-state index in [-0.39, 0.29) is 17.7 Å². The van der Waals surface area contributed by atoms with Crippen molar-refractivity contribution in [3.05, 3.63) is 29.3 Å². The lowest BCUT2D eigenvalue weighted by molar-refractivity contribution is 0.0928. The van der Waals surface area contributed by atoms with E-state index in [1.54, 1.807) is 25.1 Å². The van der Waals surface area contributed by atoms with Crippen LogP contribution in [0.2, 0.25) is 0 Å². The summed E-state index contributed by atoms with van der Waals surface area (Å²) in [7, 11) is 0. The van der Waals surface area contributed by atoms with Crippen LogP contribution >= 0.6 is 0 Å². The van der Waals surface area contributed by atoms with Gasteiger partial charge in [0.25, 0.3) is 5.91 Å². The lowest BCUT2D eigenvalue weighted by Crippen LogP contribution is -2.36. The van der Waals surface area contributed by atoms with Crippen molar-refractivity contribution in [2.24, 2.45) is 5.92 Å². The summed E-state index contributed by atoms with van der Waals surface area (Å²) in [6.45, 7) is 8.02. The average Bonchev–Trinajstić information content (AvgIpc) is 2.31. The first kappa shape index (κ1) is 13.6. The van der Waals surface area contributed by atoms with Gasteiger partial charge in [0.2, 0.25) is 0 Å². The molecule has 17 heavy (non-hydrogen) atoms. The molecule has 1 aromatic rings. The molecule has 1 rings (SSSR count). The van der Waals surface area contributed by atoms with Crippen LogP contribution in [0.3, 0.4) is 0 Å². The second kappa shape index (κ2) is 5.71. The van der Waals surface area contributed by atoms with Crippen LogP contribution in [0.1, 0.15) is 43.1 Å². The highest BCUT2D eigenvalue weighted by Crippen LogP contribution is 2.17. The molecule has 0 aromatic heterocycles. The summed E-state index contributed by atoms with van der Waals surface area (Å²) in [6.07, 6.45) is 1.04. The highest BCUT2D eigenvalue weighted by atomic mass is 16.3. The third-order valence-corrected chi connectivity index (χ3v) is 3.32. The molecule has 0 heterocycles. The third-order valence-electron chi connectivity index (χ3n) is 3.32. The predicted octanol–water partition coefficient (Wildman–Crippen LogP) is 2.87. The maximum absolute atomic E-state index is 11.9. The summed E-state index contributed by atoms with van der Waals surface area (Å²) in [4.78, 5) is 11.9. The van der Waals surface area contributed by atoms with Gasteiger partial charge in [-0.25, -0.2) is 0 Å². The average molecular weight is 235 g/mol. The van der Waals surface area contributed by atoms with Crippen molar-refractivity contribution < 1.29 is 9.90 Å². The van der Waals surface area contributed by atoms with Crippen LogP contribution in [0.5, 0.6) is 5.75 Å². The Kier molecular flexibility index (Phi) is 4.55. The van der Waals surface area contributed by atoms with Gasteiger partial charge in [0.1, 0.15) is 5.75 Å². The van der Waals surface area contributed by atoms with Gasteiger partial charge in [0.15, 0.2) is 0 Å². The molecule has 0 bridgehead atoms. The van der Waals surface area contributed by atoms with Crippen molar-refractivity contribution in [3.63, 3.8) is 0 Å². The van der Waals surface area contributed by atoms with Crippen LogP contribution in [-0.2, 0) is 0 Å². The van der Waals surface area contributed by atoms with E-state index in [9.17, 15) is 9.90 Å². The Morgan fingerprint density at radius 2 is 2.06 bits per heavy atom. The zero-order chi connectivity index (χ0) is 13.0. The van der Waals surface area contributed by atoms with Crippen molar-refractivity contribution in [3.8, 4) is 5.75 Å². The molecule has 0 radical (unpaired) electrons. The van der Waals surface area contributed by atoms with E-state index >= 15 is 0 Å². The lowest BCUT2D eigenvalue weighted by atomic mass is 10.0. The first-order valence-electron chi connectivity index (χ1n) is 6.06. The van der Waals surface area contributed by atoms with Crippen LogP contribution in [0.25, 0.3) is 0 Å². The SMILES string of the molecule is CCC(C)C(C)NC(=O)c1ccc(O)c(C)c1. The molecule has 3 nitrogen and oxygen atoms in total. The predicted molar refractivity (Wildman–Crippen MR) is 69.2 cm³/mol. The quantitative estimate of drug-likeness (QED) is 0.843. The number of carbonyl (C=O) groups is 1. The fourth-order valence-corrected chi connectivity index (χ4v) is 1.58. The van der Waals surface area contributed by atoms with Crippen LogP contribution in [0.15, 0.2) is 18.2 Å². The molecule has 0 aliphatic rings. The number of aryl methyl sites for hydroxylation is 1. The van der Waals surface area contributed by atoms with Gasteiger partial charge in [-0.2, -0.15) is 0 Å². The number of aromatic hydroxyl groups is 1. The molecular weight excluding hydrogens is 214 g/mol. The smallest absolute Gasteiger partial charge is 0.251 e. The van der Waals surface area contributed by atoms with Gasteiger partial charge >= 0.3 is 0 Å². The molecule has 2 unspecified atom stereocenters. The van der Waals surface area contributed by atoms with E-state index in [0.29, 0.717) is 17.0 Å². The molecule has 2 N–H and O–H groups in total. The zero-order valence-corrected chi connectivity index (χ0v) is 10.9. The van der Waals surface area contributed by atoms with E-state index in [2.05, 4.69) is 19.2 Å². The number of rotatable bonds is 4. The second-order valence-corrected chi connectivity index (χ2v) is 4.65. The maximum Gasteiger partial charge on any atom is 0.251 e. The van der Waals surface area contributed by atoms with Gasteiger partial charge in [-0.05, 0) is 43.5 Å². The molecule has 3 heteroatoms. The first-order chi connectivity index (χ1) is 7.95. The Hall–Kier alpha value is -1.51. The van der Waals surface area contributed by atoms with Crippen molar-refractivity contribution in [2.75, 3.05) is 0 Å². The minimum absolute atomic E-state index is 0.0825. The van der Waals surface area contributed by atoms with Gasteiger partial charge in [-0.15, -0.1) is 0 Å². The molecule has 0 saturated heterocycles. The molecule has 0 aliphatic heterocycles. The van der Waals surface area contributed by atoms with Crippen LogP contribution in [0, 0.1) is 12.8 Å². The number of amides is 1. The largest absolute Gasteiger partial charge is 0.508 e. The standard InChI is InChI=1S/C14H21NO2/c1-5-9(2)11(4)15-14(17)12-6-7-13(16)10(3)8-12/h6-9,11,16H,5H2,1-4H3,(H,15,17). The number of phenols is 1. The van der Waals surface area contributed by atoms with Crippen LogP contribution in [0.4, 0.5) is 0 Å². The summed E-state index contributed by atoms with van der Waals surface area (Å²) >= 11 is 0. The summed E-state index contributed by atoms with van der Waals surface area (Å²) in [5, 5.41) is 12.4. The van der Waals surface area contributed by atoms with E-state index in [0.717, 1.165) is 6.42 Å². The maximum atomic E-state index is 11.9. The fraction of sp³-hybridized carbons (Fsp3) is 0.500. The first-order valence-corrected chi connectivity index (χ1v) is 6.06. The van der Waals surface area contributed by atoms with E-state index < -0.39 is 0 Å². The number of hydrogen-bond acceptors (Lipinski definition) is 2. The molecular formula is C14H21NO2. The minimum Gasteiger partial charge on any atom is -0.508 e. The summed E-state index contributed by atoms with van der Waals surface area (Å²) in [6, 6.07) is 5.05. The highest BCUT2D eigenvalue weighted by molar-refractivity contribution is 5.94. The van der Waals surface area contributed by atoms with Crippen molar-refractivity contribution in [1.29, 1.82) is 0 Å². The van der Waals surface area contributed by atoms with Crippen LogP contribution in [-0.4, -0.2) is 17.1 Å². The van der Waals surface area contributed by atoms with Crippen LogP contribution < -0.4 is 5.32 Å². The Bertz CT molecular complexity index is 401. The molecule has 0 saturated carbocycles. The van der Waals surface area contributed by atoms with Crippen molar-refractivity contribution >= 4 is 5.91 Å². The van der Waals surface area contributed by atoms with E-state index in [4.69, 9.17) is 0 Å². The fourth-order valence-electron chi connectivity index (χ4n) is 1.58. The normalized spacial score (nSPS) is 14.1. The molecule has 94 valence electrons. The third kappa shape index (κ3) is 3.48. The Morgan fingerprint density at radius 3 is 2.59 bits per heavy atom. The van der Waals surface area contributed by atoms with E-state index in [1.165, 1.54) is 0 Å². The number of carbonyl (C=O) groups excluding carboxylic acids is 1. The Morgan fingerprint density at radius 1 is 1.41 bits per heavy atom. The monoisotopic (exact) mass is 235 g/mol. The van der Waals surface area contributed by atoms with Gasteiger partial charge in [0, 0.05) is 11.6 Å². The van der Waals surface area contributed by atoms with Gasteiger partial charge in [-0.3, -0.25) is 4.79 Å². The Balaban J connectivity index is 2.73. The molecule has 0 spiro atoms. The van der Waals surface area contributed by atoms with Crippen molar-refractivity contribution in [2.45, 2.75) is 40.2 Å². The molecule has 1 amide bonds. The minimum atomic E-state index is -0.0825. The number of hydrogen-bond donors (Lipinski definition) is 2.